The van der Waals surface area contributed by atoms with Gasteiger partial charge in [0.05, 0.1) is 34.6 Å². The number of rotatable bonds is 5. The third kappa shape index (κ3) is 4.26. The van der Waals surface area contributed by atoms with E-state index in [1.165, 1.54) is 0 Å². The first-order valence-corrected chi connectivity index (χ1v) is 11.3. The number of carbonyl (C=O) groups is 1. The van der Waals surface area contributed by atoms with Crippen LogP contribution in [0.1, 0.15) is 48.9 Å². The van der Waals surface area contributed by atoms with Crippen LogP contribution in [-0.4, -0.2) is 54.3 Å². The fraction of sp³-hybridized carbons (Fsp3) is 0.360. The summed E-state index contributed by atoms with van der Waals surface area (Å²) in [5, 5.41) is 15.2. The van der Waals surface area contributed by atoms with Gasteiger partial charge < -0.3 is 19.1 Å². The van der Waals surface area contributed by atoms with E-state index in [2.05, 4.69) is 10.1 Å². The highest BCUT2D eigenvalue weighted by atomic mass is 16.5. The lowest BCUT2D eigenvalue weighted by Crippen LogP contribution is -2.48. The standard InChI is InChI=1S/C25H27N5O3/c1-17(2)21-15-23(33-28-21)24(31)29-13-8-25(32,9-14-29)16-30-12-7-20-22(30)4-3-19(27-20)18-5-10-26-11-6-18/h3-7,10-12,15,17,32H,8-9,13-14,16H2,1-2H3. The molecule has 1 N–H and O–H groups in total. The SMILES string of the molecule is CC(C)c1cc(C(=O)N2CCC(O)(Cn3ccc4nc(-c5ccncc5)ccc43)CC2)on1. The van der Waals surface area contributed by atoms with Crippen molar-refractivity contribution >= 4 is 16.9 Å². The first-order chi connectivity index (χ1) is 15.9. The molecule has 33 heavy (non-hydrogen) atoms. The van der Waals surface area contributed by atoms with Crippen LogP contribution in [0.5, 0.6) is 0 Å². The molecule has 1 aliphatic heterocycles. The fourth-order valence-electron chi connectivity index (χ4n) is 4.31. The molecule has 5 rings (SSSR count). The summed E-state index contributed by atoms with van der Waals surface area (Å²) in [6, 6.07) is 11.6. The fourth-order valence-corrected chi connectivity index (χ4v) is 4.31. The van der Waals surface area contributed by atoms with Crippen LogP contribution in [0.3, 0.4) is 0 Å². The number of fused-ring (bicyclic) bond motifs is 1. The number of hydrogen-bond donors (Lipinski definition) is 1. The van der Waals surface area contributed by atoms with E-state index in [0.717, 1.165) is 28.0 Å². The monoisotopic (exact) mass is 445 g/mol. The van der Waals surface area contributed by atoms with Crippen molar-refractivity contribution < 1.29 is 14.4 Å². The second-order valence-electron chi connectivity index (χ2n) is 9.07. The van der Waals surface area contributed by atoms with E-state index in [1.54, 1.807) is 23.4 Å². The molecule has 1 fully saturated rings. The van der Waals surface area contributed by atoms with Crippen LogP contribution in [0.2, 0.25) is 0 Å². The van der Waals surface area contributed by atoms with E-state index in [4.69, 9.17) is 9.51 Å². The van der Waals surface area contributed by atoms with E-state index in [9.17, 15) is 9.90 Å². The largest absolute Gasteiger partial charge is 0.388 e. The van der Waals surface area contributed by atoms with Crippen molar-refractivity contribution in [2.45, 2.75) is 44.8 Å². The van der Waals surface area contributed by atoms with Gasteiger partial charge in [0, 0.05) is 43.3 Å². The zero-order valence-corrected chi connectivity index (χ0v) is 18.8. The van der Waals surface area contributed by atoms with Gasteiger partial charge in [0.25, 0.3) is 5.91 Å². The molecule has 170 valence electrons. The average molecular weight is 446 g/mol. The van der Waals surface area contributed by atoms with Crippen LogP contribution >= 0.6 is 0 Å². The maximum absolute atomic E-state index is 12.8. The first kappa shape index (κ1) is 21.3. The van der Waals surface area contributed by atoms with Crippen LogP contribution in [0, 0.1) is 0 Å². The van der Waals surface area contributed by atoms with E-state index < -0.39 is 5.60 Å². The molecule has 0 bridgehead atoms. The maximum Gasteiger partial charge on any atom is 0.292 e. The van der Waals surface area contributed by atoms with E-state index in [1.807, 2.05) is 54.9 Å². The minimum atomic E-state index is -0.892. The van der Waals surface area contributed by atoms with Gasteiger partial charge in [-0.15, -0.1) is 0 Å². The number of aromatic nitrogens is 4. The van der Waals surface area contributed by atoms with E-state index in [0.29, 0.717) is 32.5 Å². The molecule has 1 saturated heterocycles. The number of hydrogen-bond acceptors (Lipinski definition) is 6. The minimum absolute atomic E-state index is 0.171. The van der Waals surface area contributed by atoms with Gasteiger partial charge in [-0.1, -0.05) is 19.0 Å². The summed E-state index contributed by atoms with van der Waals surface area (Å²) in [4.78, 5) is 23.3. The van der Waals surface area contributed by atoms with Crippen molar-refractivity contribution in [3.8, 4) is 11.3 Å². The quantitative estimate of drug-likeness (QED) is 0.501. The summed E-state index contributed by atoms with van der Waals surface area (Å²) >= 11 is 0. The molecule has 0 aromatic carbocycles. The van der Waals surface area contributed by atoms with Crippen molar-refractivity contribution in [1.29, 1.82) is 0 Å². The molecule has 0 atom stereocenters. The van der Waals surface area contributed by atoms with Gasteiger partial charge in [0.1, 0.15) is 0 Å². The molecule has 0 radical (unpaired) electrons. The molecule has 4 aromatic rings. The molecule has 0 spiro atoms. The summed E-state index contributed by atoms with van der Waals surface area (Å²) in [5.74, 6) is 0.292. The molecular weight excluding hydrogens is 418 g/mol. The molecule has 8 heteroatoms. The normalized spacial score (nSPS) is 15.9. The molecule has 4 aromatic heterocycles. The predicted molar refractivity (Wildman–Crippen MR) is 124 cm³/mol. The Labute approximate surface area is 191 Å². The molecule has 8 nitrogen and oxygen atoms in total. The Morgan fingerprint density at radius 3 is 2.61 bits per heavy atom. The lowest BCUT2D eigenvalue weighted by Gasteiger charge is -2.38. The predicted octanol–water partition coefficient (Wildman–Crippen LogP) is 3.88. The van der Waals surface area contributed by atoms with Crippen LogP contribution < -0.4 is 0 Å². The second kappa shape index (κ2) is 8.44. The molecular formula is C25H27N5O3. The highest BCUT2D eigenvalue weighted by Gasteiger charge is 2.35. The maximum atomic E-state index is 12.8. The average Bonchev–Trinajstić information content (AvgIpc) is 3.47. The number of nitrogens with zero attached hydrogens (tertiary/aromatic N) is 5. The Morgan fingerprint density at radius 1 is 1.15 bits per heavy atom. The number of amides is 1. The molecule has 1 aliphatic rings. The summed E-state index contributed by atoms with van der Waals surface area (Å²) in [7, 11) is 0. The summed E-state index contributed by atoms with van der Waals surface area (Å²) in [6.45, 7) is 5.41. The second-order valence-corrected chi connectivity index (χ2v) is 9.07. The highest BCUT2D eigenvalue weighted by molar-refractivity contribution is 5.91. The third-order valence-corrected chi connectivity index (χ3v) is 6.38. The van der Waals surface area contributed by atoms with Crippen LogP contribution in [0.4, 0.5) is 0 Å². The zero-order chi connectivity index (χ0) is 23.0. The third-order valence-electron chi connectivity index (χ3n) is 6.38. The van der Waals surface area contributed by atoms with Crippen molar-refractivity contribution in [3.05, 3.63) is 66.4 Å². The zero-order valence-electron chi connectivity index (χ0n) is 18.8. The van der Waals surface area contributed by atoms with Gasteiger partial charge in [0.15, 0.2) is 0 Å². The molecule has 0 aliphatic carbocycles. The highest BCUT2D eigenvalue weighted by Crippen LogP contribution is 2.28. The van der Waals surface area contributed by atoms with E-state index in [-0.39, 0.29) is 17.6 Å². The molecule has 0 saturated carbocycles. The van der Waals surface area contributed by atoms with Gasteiger partial charge in [-0.05, 0) is 49.1 Å². The number of carbonyl (C=O) groups excluding carboxylic acids is 1. The Balaban J connectivity index is 1.27. The molecule has 0 unspecified atom stereocenters. The number of likely N-dealkylation sites (tertiary alicyclic amines) is 1. The summed E-state index contributed by atoms with van der Waals surface area (Å²) in [5.41, 5.74) is 3.64. The van der Waals surface area contributed by atoms with Crippen molar-refractivity contribution in [3.63, 3.8) is 0 Å². The van der Waals surface area contributed by atoms with Crippen molar-refractivity contribution in [2.75, 3.05) is 13.1 Å². The molecule has 1 amide bonds. The van der Waals surface area contributed by atoms with Gasteiger partial charge >= 0.3 is 0 Å². The molecule has 5 heterocycles. The van der Waals surface area contributed by atoms with Gasteiger partial charge in [0.2, 0.25) is 5.76 Å². The lowest BCUT2D eigenvalue weighted by atomic mass is 9.91. The number of piperidine rings is 1. The van der Waals surface area contributed by atoms with Crippen LogP contribution in [0.25, 0.3) is 22.3 Å². The van der Waals surface area contributed by atoms with Crippen molar-refractivity contribution in [1.82, 2.24) is 24.6 Å². The Bertz CT molecular complexity index is 1270. The number of pyridine rings is 2. The first-order valence-electron chi connectivity index (χ1n) is 11.3. The van der Waals surface area contributed by atoms with Gasteiger partial charge in [-0.3, -0.25) is 9.78 Å². The summed E-state index contributed by atoms with van der Waals surface area (Å²) < 4.78 is 7.29. The smallest absolute Gasteiger partial charge is 0.292 e. The van der Waals surface area contributed by atoms with E-state index >= 15 is 0 Å². The van der Waals surface area contributed by atoms with Gasteiger partial charge in [-0.25, -0.2) is 4.98 Å². The Kier molecular flexibility index (Phi) is 5.46. The van der Waals surface area contributed by atoms with Crippen molar-refractivity contribution in [2.24, 2.45) is 0 Å². The van der Waals surface area contributed by atoms with Gasteiger partial charge in [-0.2, -0.15) is 0 Å². The Morgan fingerprint density at radius 2 is 1.91 bits per heavy atom. The van der Waals surface area contributed by atoms with Crippen LogP contribution in [-0.2, 0) is 6.54 Å². The summed E-state index contributed by atoms with van der Waals surface area (Å²) in [6.07, 6.45) is 6.46. The minimum Gasteiger partial charge on any atom is -0.388 e. The number of aliphatic hydroxyl groups is 1. The van der Waals surface area contributed by atoms with Crippen LogP contribution in [0.15, 0.2) is 59.5 Å². The Hall–Kier alpha value is -3.52. The lowest BCUT2D eigenvalue weighted by molar-refractivity contribution is -0.0290. The topological polar surface area (TPSA) is 97.3 Å².